The molecule has 0 fully saturated rings. The summed E-state index contributed by atoms with van der Waals surface area (Å²) in [6.45, 7) is 15.2. The number of hydrogen-bond donors (Lipinski definition) is 0. The van der Waals surface area contributed by atoms with Gasteiger partial charge in [-0.1, -0.05) is 70.9 Å². The van der Waals surface area contributed by atoms with E-state index in [9.17, 15) is 34.4 Å². The monoisotopic (exact) mass is 1050 g/mol. The van der Waals surface area contributed by atoms with Gasteiger partial charge in [-0.3, -0.25) is 0 Å². The van der Waals surface area contributed by atoms with Crippen molar-refractivity contribution in [1.82, 2.24) is 0 Å². The summed E-state index contributed by atoms with van der Waals surface area (Å²) in [5.74, 6) is 2.69. The summed E-state index contributed by atoms with van der Waals surface area (Å²) in [6, 6.07) is 23.9. The maximum atomic E-state index is 13.3. The first-order valence-corrected chi connectivity index (χ1v) is 28.3. The Morgan fingerprint density at radius 3 is 1.79 bits per heavy atom. The minimum absolute atomic E-state index is 0. The van der Waals surface area contributed by atoms with Crippen LogP contribution in [0.1, 0.15) is 88.0 Å². The van der Waals surface area contributed by atoms with Crippen molar-refractivity contribution in [3.8, 4) is 23.0 Å². The van der Waals surface area contributed by atoms with Crippen LogP contribution in [0.2, 0.25) is 0 Å². The summed E-state index contributed by atoms with van der Waals surface area (Å²) in [4.78, 5) is 0.772. The second kappa shape index (κ2) is 30.0. The molecule has 0 atom stereocenters. The Balaban J connectivity index is 0.00000793. The van der Waals surface area contributed by atoms with Crippen molar-refractivity contribution in [1.29, 1.82) is 0 Å². The van der Waals surface area contributed by atoms with Crippen molar-refractivity contribution in [3.05, 3.63) is 138 Å². The zero-order valence-corrected chi connectivity index (χ0v) is 48.1. The van der Waals surface area contributed by atoms with Crippen molar-refractivity contribution in [3.63, 3.8) is 0 Å². The predicted molar refractivity (Wildman–Crippen MR) is 264 cm³/mol. The molecular formula is C49H60Na2O12S5. The fourth-order valence-corrected chi connectivity index (χ4v) is 11.3. The van der Waals surface area contributed by atoms with E-state index in [0.717, 1.165) is 61.0 Å². The molecule has 0 N–H and O–H groups in total. The fraction of sp³-hybridized carbons (Fsp3) is 0.388. The van der Waals surface area contributed by atoms with E-state index in [2.05, 4.69) is 27.0 Å². The number of rotatable bonds is 30. The van der Waals surface area contributed by atoms with Crippen molar-refractivity contribution < 1.29 is 112 Å². The Morgan fingerprint density at radius 2 is 1.24 bits per heavy atom. The number of thioether (sulfide) groups is 2. The van der Waals surface area contributed by atoms with Crippen molar-refractivity contribution >= 4 is 58.5 Å². The van der Waals surface area contributed by atoms with E-state index in [1.165, 1.54) is 54.9 Å². The van der Waals surface area contributed by atoms with Gasteiger partial charge >= 0.3 is 59.1 Å². The molecule has 360 valence electrons. The molecule has 0 radical (unpaired) electrons. The molecule has 19 heteroatoms. The standard InChI is InChI=1S/C49H62O12S5.2Na/c1-7-41(8-2)59-28-13-11-9-10-12-14-29-60-48-27-17-40(35-46(48)37(3)63-31-33-65(53,54)55)49(4,5)39-16-26-47(38(34-39)36-62-30-15-32-64(50,51)52)61-43-20-24-45(25-21-43)66(56,57)44-22-18-42(58-6)19-23-44;;/h7-8,16-27,34-35H,1,3,9-15,28-33,36H2,2,4-6H3,(H,50,51,52)(H,53,54,55);;/q;2*+1/p-2/b41-8+;;. The zero-order chi connectivity index (χ0) is 48.4. The van der Waals surface area contributed by atoms with Gasteiger partial charge in [0.15, 0.2) is 0 Å². The Bertz CT molecular complexity index is 2600. The number of hydrogen-bond acceptors (Lipinski definition) is 14. The minimum Gasteiger partial charge on any atom is -0.748 e. The summed E-state index contributed by atoms with van der Waals surface area (Å²) in [7, 11) is -11.1. The fourth-order valence-electron chi connectivity index (χ4n) is 6.72. The first kappa shape index (κ1) is 61.9. The van der Waals surface area contributed by atoms with Crippen LogP contribution in [0, 0.1) is 0 Å². The average Bonchev–Trinajstić information content (AvgIpc) is 3.28. The van der Waals surface area contributed by atoms with Crippen LogP contribution in [0.5, 0.6) is 23.0 Å². The molecule has 0 aliphatic heterocycles. The van der Waals surface area contributed by atoms with Gasteiger partial charge in [-0.05, 0) is 122 Å². The Morgan fingerprint density at radius 1 is 0.691 bits per heavy atom. The summed E-state index contributed by atoms with van der Waals surface area (Å²) in [6.07, 6.45) is 9.77. The van der Waals surface area contributed by atoms with E-state index >= 15 is 0 Å². The molecule has 0 aliphatic rings. The van der Waals surface area contributed by atoms with Crippen molar-refractivity contribution in [2.45, 2.75) is 86.7 Å². The van der Waals surface area contributed by atoms with Crippen molar-refractivity contribution in [2.24, 2.45) is 0 Å². The van der Waals surface area contributed by atoms with Crippen LogP contribution in [0.15, 0.2) is 126 Å². The molecule has 0 heterocycles. The van der Waals surface area contributed by atoms with Gasteiger partial charge in [0.2, 0.25) is 9.84 Å². The molecular weight excluding hydrogens is 987 g/mol. The van der Waals surface area contributed by atoms with Crippen molar-refractivity contribution in [2.75, 3.05) is 43.3 Å². The Kier molecular flexibility index (Phi) is 27.3. The molecule has 0 unspecified atom stereocenters. The number of methoxy groups -OCH3 is 1. The van der Waals surface area contributed by atoms with Gasteiger partial charge in [0.1, 0.15) is 28.8 Å². The Labute approximate surface area is 457 Å². The average molecular weight is 1050 g/mol. The second-order valence-corrected chi connectivity index (χ2v) is 23.1. The van der Waals surface area contributed by atoms with E-state index in [4.69, 9.17) is 18.9 Å². The van der Waals surface area contributed by atoms with E-state index in [0.29, 0.717) is 58.2 Å². The summed E-state index contributed by atoms with van der Waals surface area (Å²) in [5, 5.41) is 0. The maximum absolute atomic E-state index is 13.3. The van der Waals surface area contributed by atoms with Gasteiger partial charge in [-0.25, -0.2) is 25.3 Å². The quantitative estimate of drug-likeness (QED) is 0.0226. The normalized spacial score (nSPS) is 12.1. The van der Waals surface area contributed by atoms with Gasteiger partial charge in [0.25, 0.3) is 0 Å². The van der Waals surface area contributed by atoms with Crippen LogP contribution in [-0.4, -0.2) is 77.7 Å². The van der Waals surface area contributed by atoms with Gasteiger partial charge in [-0.2, -0.15) is 11.8 Å². The van der Waals surface area contributed by atoms with Gasteiger partial charge in [-0.15, -0.1) is 11.8 Å². The van der Waals surface area contributed by atoms with Crippen LogP contribution in [-0.2, 0) is 46.0 Å². The number of unbranched alkanes of at least 4 members (excludes halogenated alkanes) is 5. The number of benzene rings is 4. The molecule has 4 rings (SSSR count). The maximum Gasteiger partial charge on any atom is 1.00 e. The van der Waals surface area contributed by atoms with Crippen LogP contribution in [0.4, 0.5) is 0 Å². The topological polar surface area (TPSA) is 185 Å². The van der Waals surface area contributed by atoms with Gasteiger partial charge in [0.05, 0.1) is 50.4 Å². The van der Waals surface area contributed by atoms with E-state index in [-0.39, 0.29) is 81.1 Å². The summed E-state index contributed by atoms with van der Waals surface area (Å²) < 4.78 is 118. The molecule has 0 aliphatic carbocycles. The largest absolute Gasteiger partial charge is 1.00 e. The molecule has 68 heavy (non-hydrogen) atoms. The SMILES string of the molecule is C=C/C(=C\C)OCCCCCCCCOc1ccc(C(C)(C)c2ccc(Oc3ccc(S(=O)(=O)c4ccc(OC)cc4)cc3)c(CSCCCS(=O)(=O)[O-])c2)cc1C(=C)SCCS(=O)(=O)[O-].[Na+].[Na+]. The third-order valence-electron chi connectivity index (χ3n) is 10.6. The third-order valence-corrected chi connectivity index (χ3v) is 16.2. The molecule has 0 aromatic heterocycles. The summed E-state index contributed by atoms with van der Waals surface area (Å²) in [5.41, 5.74) is 2.68. The number of sulfone groups is 1. The van der Waals surface area contributed by atoms with Crippen LogP contribution in [0.3, 0.4) is 0 Å². The minimum atomic E-state index is -4.42. The number of ether oxygens (including phenoxy) is 4. The van der Waals surface area contributed by atoms with Crippen LogP contribution in [0.25, 0.3) is 4.91 Å². The van der Waals surface area contributed by atoms with E-state index in [1.807, 2.05) is 49.4 Å². The van der Waals surface area contributed by atoms with Gasteiger partial charge in [0, 0.05) is 44.5 Å². The van der Waals surface area contributed by atoms with Gasteiger partial charge < -0.3 is 28.1 Å². The molecule has 0 bridgehead atoms. The summed E-state index contributed by atoms with van der Waals surface area (Å²) >= 11 is 2.63. The first-order valence-electron chi connectivity index (χ1n) is 21.5. The zero-order valence-electron chi connectivity index (χ0n) is 40.0. The smallest absolute Gasteiger partial charge is 0.748 e. The van der Waals surface area contributed by atoms with Crippen LogP contribution < -0.4 is 73.3 Å². The number of allylic oxidation sites excluding steroid dienone is 2. The molecule has 0 saturated heterocycles. The van der Waals surface area contributed by atoms with E-state index < -0.39 is 47.0 Å². The van der Waals surface area contributed by atoms with E-state index in [1.54, 1.807) is 30.3 Å². The Hall–Kier alpha value is -2.23. The predicted octanol–water partition coefficient (Wildman–Crippen LogP) is 4.90. The molecule has 4 aromatic rings. The first-order chi connectivity index (χ1) is 31.3. The molecule has 0 amide bonds. The molecule has 4 aromatic carbocycles. The third kappa shape index (κ3) is 20.5. The molecule has 12 nitrogen and oxygen atoms in total. The molecule has 0 saturated carbocycles. The van der Waals surface area contributed by atoms with Crippen LogP contribution >= 0.6 is 23.5 Å². The molecule has 0 spiro atoms. The second-order valence-electron chi connectivity index (χ2n) is 15.8.